The molecule has 2 atom stereocenters. The van der Waals surface area contributed by atoms with Crippen molar-refractivity contribution in [1.82, 2.24) is 4.98 Å². The summed E-state index contributed by atoms with van der Waals surface area (Å²) in [5.74, 6) is -1.18. The molecule has 8 heteroatoms. The first-order valence-corrected chi connectivity index (χ1v) is 10.1. The number of Topliss-reactive ketones (excluding diaryl/α,β-unsaturated/α-hetero) is 1. The Labute approximate surface area is 179 Å². The van der Waals surface area contributed by atoms with Gasteiger partial charge in [0.15, 0.2) is 5.78 Å². The Morgan fingerprint density at radius 3 is 2.52 bits per heavy atom. The Morgan fingerprint density at radius 2 is 1.87 bits per heavy atom. The van der Waals surface area contributed by atoms with Gasteiger partial charge in [0.1, 0.15) is 5.82 Å². The van der Waals surface area contributed by atoms with Gasteiger partial charge in [-0.1, -0.05) is 18.2 Å². The summed E-state index contributed by atoms with van der Waals surface area (Å²) in [6, 6.07) is 9.63. The zero-order chi connectivity index (χ0) is 22.1. The fraction of sp³-hybridized carbons (Fsp3) is 0.304. The minimum Gasteiger partial charge on any atom is -0.310 e. The number of allylic oxidation sites excluding steroid dienone is 2. The molecule has 1 unspecified atom stereocenters. The van der Waals surface area contributed by atoms with Crippen LogP contribution in [0.3, 0.4) is 0 Å². The molecule has 2 aromatic rings. The summed E-state index contributed by atoms with van der Waals surface area (Å²) in [5.41, 5.74) is 3.48. The van der Waals surface area contributed by atoms with Crippen LogP contribution in [0.1, 0.15) is 43.2 Å². The molecule has 0 bridgehead atoms. The number of non-ortho nitro benzene ring substituents is 1. The van der Waals surface area contributed by atoms with Crippen LogP contribution in [-0.4, -0.2) is 27.3 Å². The van der Waals surface area contributed by atoms with Gasteiger partial charge in [0.2, 0.25) is 5.91 Å². The molecule has 1 N–H and O–H groups in total. The van der Waals surface area contributed by atoms with Crippen LogP contribution in [0.4, 0.5) is 11.5 Å². The van der Waals surface area contributed by atoms with Crippen molar-refractivity contribution in [3.05, 3.63) is 75.1 Å². The SMILES string of the molecule is CC1=NC2=C(C(=O)CCC2)[C@@H](c2ccc([N+](=O)[O-])cc2)C1C(=O)Nc1ccc(C)cn1. The Balaban J connectivity index is 1.76. The van der Waals surface area contributed by atoms with Crippen molar-refractivity contribution in [2.45, 2.75) is 39.0 Å². The highest BCUT2D eigenvalue weighted by molar-refractivity contribution is 6.13. The number of aryl methyl sites for hydroxylation is 1. The number of hydrogen-bond acceptors (Lipinski definition) is 6. The van der Waals surface area contributed by atoms with Gasteiger partial charge in [0, 0.05) is 47.7 Å². The minimum absolute atomic E-state index is 0.0212. The maximum absolute atomic E-state index is 13.3. The van der Waals surface area contributed by atoms with Crippen LogP contribution in [0.2, 0.25) is 0 Å². The van der Waals surface area contributed by atoms with Crippen molar-refractivity contribution in [3.8, 4) is 0 Å². The van der Waals surface area contributed by atoms with Crippen molar-refractivity contribution < 1.29 is 14.5 Å². The minimum atomic E-state index is -0.717. The number of benzene rings is 1. The number of ketones is 1. The van der Waals surface area contributed by atoms with E-state index >= 15 is 0 Å². The first kappa shape index (κ1) is 20.6. The fourth-order valence-electron chi connectivity index (χ4n) is 4.26. The van der Waals surface area contributed by atoms with Crippen molar-refractivity contribution in [2.24, 2.45) is 10.9 Å². The van der Waals surface area contributed by atoms with Crippen LogP contribution in [0.25, 0.3) is 0 Å². The van der Waals surface area contributed by atoms with Crippen LogP contribution < -0.4 is 5.32 Å². The molecule has 4 rings (SSSR count). The Hall–Kier alpha value is -3.68. The fourth-order valence-corrected chi connectivity index (χ4v) is 4.26. The van der Waals surface area contributed by atoms with Crippen LogP contribution in [0, 0.1) is 23.0 Å². The van der Waals surface area contributed by atoms with Gasteiger partial charge in [-0.2, -0.15) is 0 Å². The van der Waals surface area contributed by atoms with Crippen LogP contribution >= 0.6 is 0 Å². The summed E-state index contributed by atoms with van der Waals surface area (Å²) in [4.78, 5) is 45.7. The highest BCUT2D eigenvalue weighted by atomic mass is 16.6. The number of pyridine rings is 1. The lowest BCUT2D eigenvalue weighted by Crippen LogP contribution is -2.39. The van der Waals surface area contributed by atoms with Gasteiger partial charge in [-0.15, -0.1) is 0 Å². The van der Waals surface area contributed by atoms with Gasteiger partial charge in [-0.3, -0.25) is 24.7 Å². The molecule has 1 aliphatic heterocycles. The molecule has 1 aromatic heterocycles. The van der Waals surface area contributed by atoms with E-state index in [-0.39, 0.29) is 17.4 Å². The summed E-state index contributed by atoms with van der Waals surface area (Å²) in [5, 5.41) is 13.9. The number of amides is 1. The number of carbonyl (C=O) groups is 2. The second kappa shape index (κ2) is 8.22. The van der Waals surface area contributed by atoms with Crippen LogP contribution in [-0.2, 0) is 9.59 Å². The van der Waals surface area contributed by atoms with E-state index < -0.39 is 16.8 Å². The maximum Gasteiger partial charge on any atom is 0.269 e. The smallest absolute Gasteiger partial charge is 0.269 e. The third kappa shape index (κ3) is 4.01. The molecule has 1 amide bonds. The van der Waals surface area contributed by atoms with E-state index in [1.54, 1.807) is 31.3 Å². The third-order valence-electron chi connectivity index (χ3n) is 5.74. The molecule has 1 aromatic carbocycles. The van der Waals surface area contributed by atoms with E-state index in [9.17, 15) is 19.7 Å². The highest BCUT2D eigenvalue weighted by Gasteiger charge is 2.42. The molecular formula is C23H22N4O4. The molecule has 0 fully saturated rings. The largest absolute Gasteiger partial charge is 0.310 e. The average molecular weight is 418 g/mol. The lowest BCUT2D eigenvalue weighted by atomic mass is 9.71. The van der Waals surface area contributed by atoms with E-state index in [0.717, 1.165) is 17.7 Å². The number of aliphatic imine (C=N–C) groups is 1. The number of anilines is 1. The summed E-state index contributed by atoms with van der Waals surface area (Å²) >= 11 is 0. The summed E-state index contributed by atoms with van der Waals surface area (Å²) in [7, 11) is 0. The molecule has 31 heavy (non-hydrogen) atoms. The van der Waals surface area contributed by atoms with E-state index in [0.29, 0.717) is 35.5 Å². The van der Waals surface area contributed by atoms with Crippen LogP contribution in [0.15, 0.2) is 58.9 Å². The standard InChI is InChI=1S/C23H22N4O4/c1-13-6-11-19(24-12-13)26-23(29)20-14(2)25-17-4-3-5-18(28)22(17)21(20)15-7-9-16(10-8-15)27(30)31/h6-12,20-21H,3-5H2,1-2H3,(H,24,26,29)/t20?,21-/m0/s1. The van der Waals surface area contributed by atoms with Gasteiger partial charge in [0.25, 0.3) is 5.69 Å². The molecule has 8 nitrogen and oxygen atoms in total. The van der Waals surface area contributed by atoms with Gasteiger partial charge < -0.3 is 5.32 Å². The molecule has 158 valence electrons. The Morgan fingerprint density at radius 1 is 1.13 bits per heavy atom. The van der Waals surface area contributed by atoms with Crippen molar-refractivity contribution in [1.29, 1.82) is 0 Å². The number of rotatable bonds is 4. The van der Waals surface area contributed by atoms with E-state index in [1.807, 2.05) is 13.0 Å². The number of nitrogens with zero attached hydrogens (tertiary/aromatic N) is 3. The number of hydrogen-bond donors (Lipinski definition) is 1. The number of nitrogens with one attached hydrogen (secondary N) is 1. The molecule has 0 saturated carbocycles. The first-order chi connectivity index (χ1) is 14.8. The van der Waals surface area contributed by atoms with Crippen molar-refractivity contribution in [2.75, 3.05) is 5.32 Å². The topological polar surface area (TPSA) is 115 Å². The third-order valence-corrected chi connectivity index (χ3v) is 5.74. The highest BCUT2D eigenvalue weighted by Crippen LogP contribution is 2.43. The van der Waals surface area contributed by atoms with E-state index in [1.165, 1.54) is 12.1 Å². The van der Waals surface area contributed by atoms with Gasteiger partial charge in [-0.25, -0.2) is 4.98 Å². The molecular weight excluding hydrogens is 396 g/mol. The second-order valence-electron chi connectivity index (χ2n) is 7.90. The Kier molecular flexibility index (Phi) is 5.46. The number of carbonyl (C=O) groups excluding carboxylic acids is 2. The summed E-state index contributed by atoms with van der Waals surface area (Å²) in [6.45, 7) is 3.69. The number of nitro groups is 1. The quantitative estimate of drug-likeness (QED) is 0.592. The maximum atomic E-state index is 13.3. The second-order valence-corrected chi connectivity index (χ2v) is 7.90. The predicted octanol–water partition coefficient (Wildman–Crippen LogP) is 4.12. The number of nitro benzene ring substituents is 1. The Bertz CT molecular complexity index is 1120. The van der Waals surface area contributed by atoms with Gasteiger partial charge >= 0.3 is 0 Å². The summed E-state index contributed by atoms with van der Waals surface area (Å²) in [6.07, 6.45) is 3.47. The molecule has 2 heterocycles. The van der Waals surface area contributed by atoms with Gasteiger partial charge in [0.05, 0.1) is 10.8 Å². The molecule has 0 saturated heterocycles. The van der Waals surface area contributed by atoms with E-state index in [4.69, 9.17) is 0 Å². The normalized spacial score (nSPS) is 20.7. The molecule has 0 radical (unpaired) electrons. The zero-order valence-electron chi connectivity index (χ0n) is 17.3. The first-order valence-electron chi connectivity index (χ1n) is 10.1. The zero-order valence-corrected chi connectivity index (χ0v) is 17.3. The lowest BCUT2D eigenvalue weighted by Gasteiger charge is -2.34. The summed E-state index contributed by atoms with van der Waals surface area (Å²) < 4.78 is 0. The molecule has 1 aliphatic carbocycles. The van der Waals surface area contributed by atoms with Gasteiger partial charge in [-0.05, 0) is 43.9 Å². The molecule has 0 spiro atoms. The predicted molar refractivity (Wildman–Crippen MR) is 116 cm³/mol. The monoisotopic (exact) mass is 418 g/mol. The lowest BCUT2D eigenvalue weighted by molar-refractivity contribution is -0.384. The van der Waals surface area contributed by atoms with Crippen LogP contribution in [0.5, 0.6) is 0 Å². The van der Waals surface area contributed by atoms with E-state index in [2.05, 4.69) is 15.3 Å². The average Bonchev–Trinajstić information content (AvgIpc) is 2.74. The van der Waals surface area contributed by atoms with Crippen molar-refractivity contribution in [3.63, 3.8) is 0 Å². The molecule has 2 aliphatic rings. The number of aromatic nitrogens is 1. The van der Waals surface area contributed by atoms with Crippen molar-refractivity contribution >= 4 is 28.9 Å².